The molecule has 0 amide bonds. The lowest BCUT2D eigenvalue weighted by atomic mass is 9.58. The van der Waals surface area contributed by atoms with Gasteiger partial charge >= 0.3 is 0 Å². The van der Waals surface area contributed by atoms with Gasteiger partial charge in [0.15, 0.2) is 5.41 Å². The zero-order valence-electron chi connectivity index (χ0n) is 13.7. The summed E-state index contributed by atoms with van der Waals surface area (Å²) in [5.41, 5.74) is 6.76. The van der Waals surface area contributed by atoms with Crippen molar-refractivity contribution in [1.29, 1.82) is 15.8 Å². The van der Waals surface area contributed by atoms with E-state index in [0.717, 1.165) is 15.6 Å². The number of nitrogens with zero attached hydrogens (tertiary/aromatic N) is 4. The van der Waals surface area contributed by atoms with Crippen LogP contribution in [-0.4, -0.2) is 25.0 Å². The second-order valence-electron chi connectivity index (χ2n) is 6.45. The van der Waals surface area contributed by atoms with Crippen LogP contribution in [-0.2, 0) is 0 Å². The maximum atomic E-state index is 9.93. The highest BCUT2D eigenvalue weighted by atomic mass is 79.9. The smallest absolute Gasteiger partial charge is 0.191 e. The molecule has 0 aromatic heterocycles. The van der Waals surface area contributed by atoms with E-state index in [1.54, 1.807) is 0 Å². The van der Waals surface area contributed by atoms with Gasteiger partial charge in [0.1, 0.15) is 6.07 Å². The minimum Gasteiger partial charge on any atom is -0.399 e. The number of fused-ring (bicyclic) bond motifs is 1. The summed E-state index contributed by atoms with van der Waals surface area (Å²) in [6.07, 6.45) is 1.99. The Bertz CT molecular complexity index is 878. The number of nitrogens with two attached hydrogens (primary N) is 1. The number of benzene rings is 1. The molecule has 2 atom stereocenters. The number of hydrogen-bond acceptors (Lipinski definition) is 5. The molecule has 0 saturated carbocycles. The summed E-state index contributed by atoms with van der Waals surface area (Å²) in [7, 11) is 1.99. The van der Waals surface area contributed by atoms with Crippen LogP contribution in [0.15, 0.2) is 51.7 Å². The first-order chi connectivity index (χ1) is 12.0. The predicted molar refractivity (Wildman–Crippen MR) is 96.4 cm³/mol. The minimum atomic E-state index is -1.56. The van der Waals surface area contributed by atoms with Crippen molar-refractivity contribution in [2.24, 2.45) is 17.1 Å². The molecule has 0 spiro atoms. The van der Waals surface area contributed by atoms with Crippen molar-refractivity contribution in [3.63, 3.8) is 0 Å². The van der Waals surface area contributed by atoms with E-state index in [4.69, 9.17) is 5.73 Å². The van der Waals surface area contributed by atoms with E-state index in [1.807, 2.05) is 37.4 Å². The molecule has 1 heterocycles. The average molecular weight is 394 g/mol. The van der Waals surface area contributed by atoms with E-state index in [-0.39, 0.29) is 17.2 Å². The number of allylic oxidation sites excluding steroid dienone is 2. The standard InChI is InChI=1S/C19H16BrN5/c1-25-7-6-14-15(8-21)18(24)19(10-22,11-23)17(16(14)9-25)12-2-4-13(20)5-3-12/h2-6,16-17H,7,9,24H2,1H3/t16-,17-/m1/s1. The number of hydrogen-bond donors (Lipinski definition) is 1. The summed E-state index contributed by atoms with van der Waals surface area (Å²) < 4.78 is 0.921. The Labute approximate surface area is 155 Å². The lowest BCUT2D eigenvalue weighted by Gasteiger charge is -2.45. The van der Waals surface area contributed by atoms with E-state index in [1.165, 1.54) is 0 Å². The van der Waals surface area contributed by atoms with Gasteiger partial charge in [-0.2, -0.15) is 15.8 Å². The fourth-order valence-corrected chi connectivity index (χ4v) is 4.13. The summed E-state index contributed by atoms with van der Waals surface area (Å²) in [6.45, 7) is 1.37. The summed E-state index contributed by atoms with van der Waals surface area (Å²) >= 11 is 3.42. The molecule has 5 nitrogen and oxygen atoms in total. The number of halogens is 1. The maximum Gasteiger partial charge on any atom is 0.191 e. The van der Waals surface area contributed by atoms with Gasteiger partial charge in [0.05, 0.1) is 23.4 Å². The van der Waals surface area contributed by atoms with Gasteiger partial charge in [-0.3, -0.25) is 0 Å². The Hall–Kier alpha value is -2.59. The van der Waals surface area contributed by atoms with E-state index in [2.05, 4.69) is 39.0 Å². The van der Waals surface area contributed by atoms with Gasteiger partial charge in [-0.1, -0.05) is 34.1 Å². The van der Waals surface area contributed by atoms with Gasteiger partial charge < -0.3 is 10.6 Å². The van der Waals surface area contributed by atoms with Gasteiger partial charge in [-0.15, -0.1) is 0 Å². The van der Waals surface area contributed by atoms with Crippen LogP contribution in [0.25, 0.3) is 0 Å². The zero-order valence-corrected chi connectivity index (χ0v) is 15.3. The van der Waals surface area contributed by atoms with Crippen molar-refractivity contribution < 1.29 is 0 Å². The van der Waals surface area contributed by atoms with E-state index < -0.39 is 11.3 Å². The Kier molecular flexibility index (Phi) is 4.39. The first-order valence-electron chi connectivity index (χ1n) is 7.85. The highest BCUT2D eigenvalue weighted by Crippen LogP contribution is 2.54. The summed E-state index contributed by atoms with van der Waals surface area (Å²) in [4.78, 5) is 2.12. The fourth-order valence-electron chi connectivity index (χ4n) is 3.87. The second-order valence-corrected chi connectivity index (χ2v) is 7.36. The highest BCUT2D eigenvalue weighted by Gasteiger charge is 2.54. The molecular weight excluding hydrogens is 378 g/mol. The van der Waals surface area contributed by atoms with Crippen LogP contribution in [0.5, 0.6) is 0 Å². The van der Waals surface area contributed by atoms with Crippen molar-refractivity contribution >= 4 is 15.9 Å². The van der Waals surface area contributed by atoms with Crippen molar-refractivity contribution in [2.75, 3.05) is 20.1 Å². The molecule has 6 heteroatoms. The van der Waals surface area contributed by atoms with Gasteiger partial charge in [-0.25, -0.2) is 0 Å². The first kappa shape index (κ1) is 17.2. The van der Waals surface area contributed by atoms with Crippen LogP contribution >= 0.6 is 15.9 Å². The summed E-state index contributed by atoms with van der Waals surface area (Å²) in [5, 5.41) is 29.5. The fraction of sp³-hybridized carbons (Fsp3) is 0.316. The second kappa shape index (κ2) is 6.37. The third-order valence-electron chi connectivity index (χ3n) is 5.08. The molecule has 124 valence electrons. The Morgan fingerprint density at radius 2 is 1.84 bits per heavy atom. The Balaban J connectivity index is 2.32. The quantitative estimate of drug-likeness (QED) is 0.790. The lowest BCUT2D eigenvalue weighted by Crippen LogP contribution is -2.47. The van der Waals surface area contributed by atoms with Crippen LogP contribution in [0.4, 0.5) is 0 Å². The summed E-state index contributed by atoms with van der Waals surface area (Å²) in [5.74, 6) is -0.567. The summed E-state index contributed by atoms with van der Waals surface area (Å²) in [6, 6.07) is 14.0. The molecule has 25 heavy (non-hydrogen) atoms. The average Bonchev–Trinajstić information content (AvgIpc) is 2.62. The van der Waals surface area contributed by atoms with E-state index in [0.29, 0.717) is 13.1 Å². The number of nitriles is 3. The van der Waals surface area contributed by atoms with Gasteiger partial charge in [0.25, 0.3) is 0 Å². The highest BCUT2D eigenvalue weighted by molar-refractivity contribution is 9.10. The minimum absolute atomic E-state index is 0.0694. The zero-order chi connectivity index (χ0) is 18.2. The molecule has 2 N–H and O–H groups in total. The van der Waals surface area contributed by atoms with E-state index in [9.17, 15) is 15.8 Å². The third kappa shape index (κ3) is 2.53. The van der Waals surface area contributed by atoms with E-state index >= 15 is 0 Å². The monoisotopic (exact) mass is 393 g/mol. The molecule has 2 aliphatic rings. The molecule has 0 unspecified atom stereocenters. The molecule has 0 fully saturated rings. The first-order valence-corrected chi connectivity index (χ1v) is 8.65. The molecule has 1 aromatic carbocycles. The van der Waals surface area contributed by atoms with Crippen molar-refractivity contribution in [3.8, 4) is 18.2 Å². The van der Waals surface area contributed by atoms with Crippen LogP contribution in [0, 0.1) is 45.3 Å². The van der Waals surface area contributed by atoms with Crippen LogP contribution in [0.3, 0.4) is 0 Å². The molecule has 0 saturated heterocycles. The van der Waals surface area contributed by atoms with Crippen LogP contribution in [0.2, 0.25) is 0 Å². The SMILES string of the molecule is CN1CC=C2C(C#N)=C(N)C(C#N)(C#N)[C@H](c3ccc(Br)cc3)[C@@H]2C1. The van der Waals surface area contributed by atoms with Gasteiger partial charge in [-0.05, 0) is 30.3 Å². The third-order valence-corrected chi connectivity index (χ3v) is 5.60. The molecule has 1 aliphatic carbocycles. The predicted octanol–water partition coefficient (Wildman–Crippen LogP) is 2.80. The molecule has 3 rings (SSSR count). The van der Waals surface area contributed by atoms with Crippen molar-refractivity contribution in [2.45, 2.75) is 5.92 Å². The Morgan fingerprint density at radius 3 is 2.40 bits per heavy atom. The van der Waals surface area contributed by atoms with Crippen molar-refractivity contribution in [3.05, 3.63) is 57.2 Å². The van der Waals surface area contributed by atoms with Gasteiger partial charge in [0, 0.05) is 29.4 Å². The van der Waals surface area contributed by atoms with Crippen LogP contribution in [0.1, 0.15) is 11.5 Å². The Morgan fingerprint density at radius 1 is 1.20 bits per heavy atom. The molecular formula is C19H16BrN5. The van der Waals surface area contributed by atoms with Gasteiger partial charge in [0.2, 0.25) is 0 Å². The normalized spacial score (nSPS) is 25.2. The number of likely N-dealkylation sites (N-methyl/N-ethyl adjacent to an activating group) is 1. The maximum absolute atomic E-state index is 9.93. The topological polar surface area (TPSA) is 101 Å². The molecule has 1 aliphatic heterocycles. The van der Waals surface area contributed by atoms with Crippen molar-refractivity contribution in [1.82, 2.24) is 4.90 Å². The molecule has 1 aromatic rings. The molecule has 0 bridgehead atoms. The molecule has 0 radical (unpaired) electrons. The van der Waals surface area contributed by atoms with Crippen LogP contribution < -0.4 is 5.73 Å². The largest absolute Gasteiger partial charge is 0.399 e. The lowest BCUT2D eigenvalue weighted by molar-refractivity contribution is 0.237. The number of rotatable bonds is 1.